The van der Waals surface area contributed by atoms with Crippen LogP contribution in [0.1, 0.15) is 76.8 Å². The second kappa shape index (κ2) is 13.3. The number of amides is 1. The molecule has 7 heteroatoms. The molecular formula is C30H42N2O4S. The van der Waals surface area contributed by atoms with E-state index in [9.17, 15) is 18.0 Å². The van der Waals surface area contributed by atoms with E-state index < -0.39 is 38.2 Å². The zero-order valence-corrected chi connectivity index (χ0v) is 23.4. The van der Waals surface area contributed by atoms with Crippen molar-refractivity contribution in [3.63, 3.8) is 0 Å². The molecule has 1 aromatic heterocycles. The van der Waals surface area contributed by atoms with E-state index in [1.54, 1.807) is 20.0 Å². The molecule has 0 N–H and O–H groups in total. The van der Waals surface area contributed by atoms with Crippen LogP contribution in [-0.2, 0) is 32.3 Å². The van der Waals surface area contributed by atoms with E-state index in [1.165, 1.54) is 10.5 Å². The first kappa shape index (κ1) is 29.0. The van der Waals surface area contributed by atoms with Gasteiger partial charge in [0, 0.05) is 30.4 Å². The predicted octanol–water partition coefficient (Wildman–Crippen LogP) is 5.21. The van der Waals surface area contributed by atoms with E-state index in [4.69, 9.17) is 0 Å². The van der Waals surface area contributed by atoms with Crippen molar-refractivity contribution >= 4 is 21.5 Å². The van der Waals surface area contributed by atoms with Gasteiger partial charge in [-0.3, -0.25) is 14.6 Å². The standard InChI is InChI=1S/C30H42N2O4S/c1-4-30(2,3)28(33)29(34)32-21-11-17-26(32)23-37(35,36)27(18-8-14-24-12-6-5-7-13-24)19-9-15-25-16-10-20-31-22-25/h5-7,10,12-13,16,20,22,26-27H,4,8-9,11,14-15,17-19,21,23H2,1-3H3/t26-,27?/m0/s1. The fourth-order valence-electron chi connectivity index (χ4n) is 5.02. The predicted molar refractivity (Wildman–Crippen MR) is 148 cm³/mol. The molecule has 1 unspecified atom stereocenters. The monoisotopic (exact) mass is 526 g/mol. The summed E-state index contributed by atoms with van der Waals surface area (Å²) >= 11 is 0. The van der Waals surface area contributed by atoms with Crippen molar-refractivity contribution in [3.8, 4) is 0 Å². The molecule has 6 nitrogen and oxygen atoms in total. The van der Waals surface area contributed by atoms with Gasteiger partial charge < -0.3 is 4.90 Å². The highest BCUT2D eigenvalue weighted by molar-refractivity contribution is 7.92. The van der Waals surface area contributed by atoms with Gasteiger partial charge in [0.2, 0.25) is 5.78 Å². The van der Waals surface area contributed by atoms with E-state index in [-0.39, 0.29) is 5.75 Å². The Kier molecular flexibility index (Phi) is 10.4. The lowest BCUT2D eigenvalue weighted by Gasteiger charge is -2.29. The summed E-state index contributed by atoms with van der Waals surface area (Å²) in [6, 6.07) is 13.6. The van der Waals surface area contributed by atoms with Crippen LogP contribution in [0.25, 0.3) is 0 Å². The molecule has 37 heavy (non-hydrogen) atoms. The fourth-order valence-corrected chi connectivity index (χ4v) is 7.23. The Bertz CT molecular complexity index is 1070. The highest BCUT2D eigenvalue weighted by atomic mass is 32.2. The van der Waals surface area contributed by atoms with E-state index in [1.807, 2.05) is 43.5 Å². The van der Waals surface area contributed by atoms with E-state index >= 15 is 0 Å². The maximum atomic E-state index is 13.7. The van der Waals surface area contributed by atoms with Crippen molar-refractivity contribution in [1.82, 2.24) is 9.88 Å². The molecule has 202 valence electrons. The topological polar surface area (TPSA) is 84.4 Å². The highest BCUT2D eigenvalue weighted by Gasteiger charge is 2.41. The molecule has 0 aliphatic carbocycles. The van der Waals surface area contributed by atoms with Gasteiger partial charge in [-0.15, -0.1) is 0 Å². The van der Waals surface area contributed by atoms with Crippen LogP contribution in [0.2, 0.25) is 0 Å². The van der Waals surface area contributed by atoms with Crippen LogP contribution < -0.4 is 0 Å². The first-order valence-corrected chi connectivity index (χ1v) is 15.4. The molecule has 1 amide bonds. The maximum absolute atomic E-state index is 13.7. The van der Waals surface area contributed by atoms with Crippen LogP contribution in [0.4, 0.5) is 0 Å². The van der Waals surface area contributed by atoms with Gasteiger partial charge in [-0.25, -0.2) is 8.42 Å². The number of rotatable bonds is 14. The molecule has 3 rings (SSSR count). The van der Waals surface area contributed by atoms with E-state index in [2.05, 4.69) is 17.1 Å². The molecular weight excluding hydrogens is 484 g/mol. The van der Waals surface area contributed by atoms with Gasteiger partial charge in [0.25, 0.3) is 5.91 Å². The third-order valence-electron chi connectivity index (χ3n) is 7.81. The average molecular weight is 527 g/mol. The van der Waals surface area contributed by atoms with Crippen molar-refractivity contribution in [2.24, 2.45) is 5.41 Å². The number of aromatic nitrogens is 1. The number of aryl methyl sites for hydroxylation is 2. The number of carbonyl (C=O) groups is 2. The number of ketones is 1. The fraction of sp³-hybridized carbons (Fsp3) is 0.567. The molecule has 2 heterocycles. The quantitative estimate of drug-likeness (QED) is 0.316. The minimum absolute atomic E-state index is 0.0680. The van der Waals surface area contributed by atoms with E-state index in [0.29, 0.717) is 32.2 Å². The molecule has 1 fully saturated rings. The number of hydrogen-bond acceptors (Lipinski definition) is 5. The summed E-state index contributed by atoms with van der Waals surface area (Å²) in [6.07, 6.45) is 9.82. The lowest BCUT2D eigenvalue weighted by Crippen LogP contribution is -2.47. The van der Waals surface area contributed by atoms with Crippen molar-refractivity contribution in [3.05, 3.63) is 66.0 Å². The summed E-state index contributed by atoms with van der Waals surface area (Å²) in [4.78, 5) is 31.6. The van der Waals surface area contributed by atoms with Crippen molar-refractivity contribution in [1.29, 1.82) is 0 Å². The summed E-state index contributed by atoms with van der Waals surface area (Å²) < 4.78 is 27.5. The lowest BCUT2D eigenvalue weighted by molar-refractivity contribution is -0.149. The summed E-state index contributed by atoms with van der Waals surface area (Å²) in [6.45, 7) is 5.90. The minimum Gasteiger partial charge on any atom is -0.332 e. The Morgan fingerprint density at radius 3 is 2.30 bits per heavy atom. The number of sulfone groups is 1. The first-order valence-electron chi connectivity index (χ1n) is 13.6. The van der Waals surface area contributed by atoms with Crippen LogP contribution in [0.5, 0.6) is 0 Å². The average Bonchev–Trinajstić information content (AvgIpc) is 3.35. The number of pyridine rings is 1. The van der Waals surface area contributed by atoms with Gasteiger partial charge in [-0.1, -0.05) is 57.2 Å². The summed E-state index contributed by atoms with van der Waals surface area (Å²) in [5, 5.41) is -0.465. The summed E-state index contributed by atoms with van der Waals surface area (Å²) in [5.41, 5.74) is 1.57. The smallest absolute Gasteiger partial charge is 0.290 e. The van der Waals surface area contributed by atoms with Gasteiger partial charge in [-0.05, 0) is 75.0 Å². The molecule has 2 aromatic rings. The van der Waals surface area contributed by atoms with Crippen molar-refractivity contribution < 1.29 is 18.0 Å². The Morgan fingerprint density at radius 2 is 1.68 bits per heavy atom. The Hall–Kier alpha value is -2.54. The molecule has 1 aliphatic rings. The molecule has 0 bridgehead atoms. The van der Waals surface area contributed by atoms with Crippen LogP contribution in [0, 0.1) is 5.41 Å². The lowest BCUT2D eigenvalue weighted by atomic mass is 9.84. The van der Waals surface area contributed by atoms with Gasteiger partial charge in [0.1, 0.15) is 0 Å². The Balaban J connectivity index is 1.68. The SMILES string of the molecule is CCC(C)(C)C(=O)C(=O)N1CCC[C@H]1CS(=O)(=O)C(CCCc1ccccc1)CCCc1cccnc1. The Morgan fingerprint density at radius 1 is 1.03 bits per heavy atom. The molecule has 0 spiro atoms. The van der Waals surface area contributed by atoms with Crippen LogP contribution in [0.15, 0.2) is 54.9 Å². The van der Waals surface area contributed by atoms with Crippen LogP contribution in [0.3, 0.4) is 0 Å². The largest absolute Gasteiger partial charge is 0.332 e. The summed E-state index contributed by atoms with van der Waals surface area (Å²) in [5.74, 6) is -1.02. The molecule has 2 atom stereocenters. The number of carbonyl (C=O) groups excluding carboxylic acids is 2. The normalized spacial score (nSPS) is 17.1. The molecule has 1 aliphatic heterocycles. The summed E-state index contributed by atoms with van der Waals surface area (Å²) in [7, 11) is -3.47. The third-order valence-corrected chi connectivity index (χ3v) is 10.1. The zero-order chi connectivity index (χ0) is 26.9. The highest BCUT2D eigenvalue weighted by Crippen LogP contribution is 2.28. The number of nitrogens with zero attached hydrogens (tertiary/aromatic N) is 2. The second-order valence-corrected chi connectivity index (χ2v) is 13.3. The Labute approximate surface area is 222 Å². The van der Waals surface area contributed by atoms with Gasteiger partial charge in [-0.2, -0.15) is 0 Å². The number of benzene rings is 1. The van der Waals surface area contributed by atoms with Gasteiger partial charge in [0.15, 0.2) is 9.84 Å². The number of likely N-dealkylation sites (tertiary alicyclic amines) is 1. The minimum atomic E-state index is -3.47. The number of hydrogen-bond donors (Lipinski definition) is 0. The van der Waals surface area contributed by atoms with Crippen molar-refractivity contribution in [2.45, 2.75) is 89.9 Å². The zero-order valence-electron chi connectivity index (χ0n) is 22.6. The van der Waals surface area contributed by atoms with Crippen LogP contribution in [-0.4, -0.2) is 53.6 Å². The van der Waals surface area contributed by atoms with Crippen molar-refractivity contribution in [2.75, 3.05) is 12.3 Å². The maximum Gasteiger partial charge on any atom is 0.290 e. The van der Waals surface area contributed by atoms with Gasteiger partial charge >= 0.3 is 0 Å². The molecule has 0 radical (unpaired) electrons. The molecule has 0 saturated carbocycles. The first-order chi connectivity index (χ1) is 17.6. The molecule has 1 saturated heterocycles. The second-order valence-electron chi connectivity index (χ2n) is 10.9. The van der Waals surface area contributed by atoms with E-state index in [0.717, 1.165) is 37.7 Å². The molecule has 1 aromatic carbocycles. The van der Waals surface area contributed by atoms with Crippen LogP contribution >= 0.6 is 0 Å². The number of Topliss-reactive ketones (excluding diaryl/α,β-unsaturated/α-hetero) is 1. The van der Waals surface area contributed by atoms with Gasteiger partial charge in [0.05, 0.1) is 11.0 Å². The third kappa shape index (κ3) is 8.22.